The van der Waals surface area contributed by atoms with Crippen LogP contribution in [-0.4, -0.2) is 34.7 Å². The van der Waals surface area contributed by atoms with Gasteiger partial charge in [-0.25, -0.2) is 4.90 Å². The minimum Gasteiger partial charge on any atom is -0.426 e. The molecule has 1 amide bonds. The van der Waals surface area contributed by atoms with E-state index in [1.807, 2.05) is 67.6 Å². The molecule has 0 aromatic heterocycles. The van der Waals surface area contributed by atoms with E-state index in [0.29, 0.717) is 11.7 Å². The van der Waals surface area contributed by atoms with Gasteiger partial charge in [-0.3, -0.25) is 4.79 Å². The van der Waals surface area contributed by atoms with E-state index in [2.05, 4.69) is 0 Å². The van der Waals surface area contributed by atoms with E-state index in [0.717, 1.165) is 30.8 Å². The van der Waals surface area contributed by atoms with Crippen molar-refractivity contribution >= 4 is 34.7 Å². The van der Waals surface area contributed by atoms with Gasteiger partial charge in [0, 0.05) is 12.8 Å². The van der Waals surface area contributed by atoms with Gasteiger partial charge in [-0.05, 0) is 51.3 Å². The van der Waals surface area contributed by atoms with Crippen LogP contribution in [0.1, 0.15) is 52.0 Å². The zero-order valence-electron chi connectivity index (χ0n) is 15.3. The Balaban J connectivity index is 1.88. The van der Waals surface area contributed by atoms with E-state index in [-0.39, 0.29) is 16.0 Å². The molecule has 1 saturated heterocycles. The van der Waals surface area contributed by atoms with Crippen molar-refractivity contribution in [3.8, 4) is 5.75 Å². The van der Waals surface area contributed by atoms with Crippen LogP contribution in [0, 0.1) is 0 Å². The zero-order chi connectivity index (χ0) is 18.6. The minimum absolute atomic E-state index is 0.152. The number of alkyl halides is 1. The number of carbonyl (C=O) groups is 2. The Kier molecular flexibility index (Phi) is 6.85. The van der Waals surface area contributed by atoms with Gasteiger partial charge in [-0.15, -0.1) is 0 Å². The molecule has 1 atom stereocenters. The number of hydrogen-bond acceptors (Lipinski definition) is 4. The first-order valence-corrected chi connectivity index (χ1v) is 9.94. The van der Waals surface area contributed by atoms with Crippen LogP contribution in [0.15, 0.2) is 24.3 Å². The fourth-order valence-electron chi connectivity index (χ4n) is 2.86. The second-order valence-corrected chi connectivity index (χ2v) is 9.35. The number of likely N-dealkylation sites (tertiary alicyclic amines) is 1. The summed E-state index contributed by atoms with van der Waals surface area (Å²) < 4.78 is 10.6. The lowest BCUT2D eigenvalue weighted by molar-refractivity contribution is -0.831. The molecule has 1 fully saturated rings. The maximum atomic E-state index is 12.2. The summed E-state index contributed by atoms with van der Waals surface area (Å²) in [5, 5.41) is 0. The van der Waals surface area contributed by atoms with Crippen LogP contribution in [0.2, 0.25) is 0 Å². The molecule has 1 heterocycles. The van der Waals surface area contributed by atoms with Crippen molar-refractivity contribution in [2.75, 3.05) is 13.1 Å². The summed E-state index contributed by atoms with van der Waals surface area (Å²) in [6, 6.07) is 7.73. The fraction of sp³-hybridized carbons (Fsp3) is 0.579. The molecular weight excluding hydrogens is 433 g/mol. The van der Waals surface area contributed by atoms with Crippen molar-refractivity contribution in [3.05, 3.63) is 29.8 Å². The molecule has 1 aliphatic heterocycles. The summed E-state index contributed by atoms with van der Waals surface area (Å²) in [7, 11) is 0. The van der Waals surface area contributed by atoms with Crippen molar-refractivity contribution < 1.29 is 24.0 Å². The Morgan fingerprint density at radius 1 is 1.16 bits per heavy atom. The Hall–Kier alpha value is -1.15. The third-order valence-electron chi connectivity index (χ3n) is 4.17. The van der Waals surface area contributed by atoms with Gasteiger partial charge in [0.1, 0.15) is 15.3 Å². The highest BCUT2D eigenvalue weighted by Crippen LogP contribution is 2.26. The van der Waals surface area contributed by atoms with Gasteiger partial charge in [0.2, 0.25) is 0 Å². The number of esters is 1. The fourth-order valence-corrected chi connectivity index (χ4v) is 2.99. The summed E-state index contributed by atoms with van der Waals surface area (Å²) in [5.41, 5.74) is 0.787. The van der Waals surface area contributed by atoms with Crippen molar-refractivity contribution in [1.82, 2.24) is 0 Å². The number of halogens is 1. The van der Waals surface area contributed by atoms with Gasteiger partial charge in [-0.1, -0.05) is 34.7 Å². The van der Waals surface area contributed by atoms with Crippen LogP contribution < -0.4 is 9.64 Å². The quantitative estimate of drug-likeness (QED) is 0.326. The Morgan fingerprint density at radius 3 is 2.20 bits per heavy atom. The van der Waals surface area contributed by atoms with Crippen LogP contribution in [-0.2, 0) is 9.53 Å². The molecule has 1 N–H and O–H groups in total. The maximum Gasteiger partial charge on any atom is 0.514 e. The number of amides is 1. The molecular formula is C19H27INO4+. The molecule has 25 heavy (non-hydrogen) atoms. The number of hydrogen-bond donors (Lipinski definition) is 1. The number of piperidine rings is 1. The standard InChI is InChI=1S/C19H26INO4/c1-13(20)17(22)24-16-7-5-14(6-8-16)15-9-11-21(12-10-15)18(23)25-19(2,3)4/h5-8,13,15H,9-12H2,1-4H3/p+1. The topological polar surface area (TPSA) is 57.0 Å². The van der Waals surface area contributed by atoms with Crippen LogP contribution in [0.3, 0.4) is 0 Å². The van der Waals surface area contributed by atoms with Gasteiger partial charge < -0.3 is 9.47 Å². The average molecular weight is 460 g/mol. The van der Waals surface area contributed by atoms with Gasteiger partial charge in [0.25, 0.3) is 0 Å². The number of benzene rings is 1. The van der Waals surface area contributed by atoms with Gasteiger partial charge in [0.15, 0.2) is 0 Å². The van der Waals surface area contributed by atoms with E-state index < -0.39 is 5.60 Å². The zero-order valence-corrected chi connectivity index (χ0v) is 17.5. The summed E-state index contributed by atoms with van der Waals surface area (Å²) in [6.45, 7) is 9.04. The lowest BCUT2D eigenvalue weighted by Gasteiger charge is -2.29. The predicted octanol–water partition coefficient (Wildman–Crippen LogP) is 3.11. The Morgan fingerprint density at radius 2 is 1.72 bits per heavy atom. The van der Waals surface area contributed by atoms with E-state index in [1.54, 1.807) is 6.92 Å². The van der Waals surface area contributed by atoms with Gasteiger partial charge in [0.05, 0.1) is 13.1 Å². The molecule has 1 unspecified atom stereocenters. The molecule has 2 rings (SSSR count). The first-order valence-electron chi connectivity index (χ1n) is 8.69. The first-order chi connectivity index (χ1) is 11.7. The molecule has 0 spiro atoms. The third kappa shape index (κ3) is 6.26. The molecule has 138 valence electrons. The molecule has 6 heteroatoms. The van der Waals surface area contributed by atoms with Crippen molar-refractivity contribution in [2.45, 2.75) is 56.0 Å². The number of rotatable bonds is 3. The van der Waals surface area contributed by atoms with Crippen LogP contribution in [0.4, 0.5) is 4.79 Å². The van der Waals surface area contributed by atoms with Crippen LogP contribution in [0.25, 0.3) is 0 Å². The molecule has 0 saturated carbocycles. The van der Waals surface area contributed by atoms with E-state index in [4.69, 9.17) is 9.47 Å². The normalized spacial score (nSPS) is 22.1. The SMILES string of the molecule is CC(I)C(=O)Oc1ccc(C2CC[NH+](C(=O)OC(C)(C)C)CC2)cc1. The molecule has 1 aromatic rings. The van der Waals surface area contributed by atoms with Crippen LogP contribution in [0.5, 0.6) is 5.75 Å². The number of ether oxygens (including phenoxy) is 2. The van der Waals surface area contributed by atoms with Crippen molar-refractivity contribution in [2.24, 2.45) is 0 Å². The Labute approximate surface area is 163 Å². The largest absolute Gasteiger partial charge is 0.514 e. The van der Waals surface area contributed by atoms with Gasteiger partial charge in [-0.2, -0.15) is 4.79 Å². The highest BCUT2D eigenvalue weighted by molar-refractivity contribution is 14.1. The average Bonchev–Trinajstić information content (AvgIpc) is 2.54. The second-order valence-electron chi connectivity index (χ2n) is 7.49. The molecule has 5 nitrogen and oxygen atoms in total. The van der Waals surface area contributed by atoms with Crippen molar-refractivity contribution in [1.29, 1.82) is 0 Å². The molecule has 0 radical (unpaired) electrons. The maximum absolute atomic E-state index is 12.2. The summed E-state index contributed by atoms with van der Waals surface area (Å²) in [5.74, 6) is 0.774. The number of alkyl carbamates (subject to hydrolysis) is 2. The monoisotopic (exact) mass is 460 g/mol. The number of nitrogens with one attached hydrogen (secondary N) is 1. The van der Waals surface area contributed by atoms with Gasteiger partial charge >= 0.3 is 12.1 Å². The van der Waals surface area contributed by atoms with Crippen LogP contribution >= 0.6 is 22.6 Å². The number of quaternary nitrogens is 1. The highest BCUT2D eigenvalue weighted by Gasteiger charge is 2.32. The smallest absolute Gasteiger partial charge is 0.426 e. The second kappa shape index (κ2) is 8.49. The lowest BCUT2D eigenvalue weighted by Crippen LogP contribution is -3.15. The van der Waals surface area contributed by atoms with Crippen molar-refractivity contribution in [3.63, 3.8) is 0 Å². The lowest BCUT2D eigenvalue weighted by atomic mass is 9.89. The summed E-state index contributed by atoms with van der Waals surface area (Å²) in [6.07, 6.45) is 1.73. The molecule has 1 aromatic carbocycles. The first kappa shape index (κ1) is 20.2. The molecule has 1 aliphatic rings. The Bertz CT molecular complexity index is 599. The third-order valence-corrected chi connectivity index (χ3v) is 4.68. The summed E-state index contributed by atoms with van der Waals surface area (Å²) in [4.78, 5) is 24.7. The minimum atomic E-state index is -0.441. The van der Waals surface area contributed by atoms with E-state index in [9.17, 15) is 9.59 Å². The molecule has 0 bridgehead atoms. The predicted molar refractivity (Wildman–Crippen MR) is 104 cm³/mol. The van der Waals surface area contributed by atoms with E-state index in [1.165, 1.54) is 5.56 Å². The summed E-state index contributed by atoms with van der Waals surface area (Å²) >= 11 is 2.04. The van der Waals surface area contributed by atoms with E-state index >= 15 is 0 Å². The number of carbonyl (C=O) groups excluding carboxylic acids is 2. The highest BCUT2D eigenvalue weighted by atomic mass is 127. The molecule has 0 aliphatic carbocycles.